The van der Waals surface area contributed by atoms with Gasteiger partial charge in [0, 0.05) is 18.8 Å². The third-order valence-corrected chi connectivity index (χ3v) is 5.55. The molecule has 0 unspecified atom stereocenters. The Balaban J connectivity index is 1.60. The smallest absolute Gasteiger partial charge is 0.316 e. The number of aryl methyl sites for hydroxylation is 1. The molecule has 27 heavy (non-hydrogen) atoms. The van der Waals surface area contributed by atoms with Crippen molar-refractivity contribution in [3.63, 3.8) is 0 Å². The van der Waals surface area contributed by atoms with Gasteiger partial charge in [0.05, 0.1) is 11.5 Å². The maximum Gasteiger partial charge on any atom is 0.316 e. The van der Waals surface area contributed by atoms with Crippen LogP contribution in [0.5, 0.6) is 0 Å². The SMILES string of the molecule is Cc1ccc(NC(=O)COC(=O)CSCC(=O)N(C)C2CCCCC2)cc1. The van der Waals surface area contributed by atoms with E-state index in [1.165, 1.54) is 31.0 Å². The molecule has 1 aromatic rings. The summed E-state index contributed by atoms with van der Waals surface area (Å²) in [4.78, 5) is 37.6. The number of nitrogens with zero attached hydrogens (tertiary/aromatic N) is 1. The molecule has 0 aromatic heterocycles. The molecule has 1 N–H and O–H groups in total. The van der Waals surface area contributed by atoms with Gasteiger partial charge < -0.3 is 15.0 Å². The van der Waals surface area contributed by atoms with E-state index in [-0.39, 0.29) is 29.9 Å². The number of benzene rings is 1. The molecule has 1 saturated carbocycles. The average Bonchev–Trinajstić information content (AvgIpc) is 2.68. The highest BCUT2D eigenvalue weighted by Crippen LogP contribution is 2.22. The number of carbonyl (C=O) groups is 3. The van der Waals surface area contributed by atoms with E-state index in [0.29, 0.717) is 11.7 Å². The molecule has 2 rings (SSSR count). The zero-order valence-corrected chi connectivity index (χ0v) is 16.8. The third kappa shape index (κ3) is 7.62. The fourth-order valence-electron chi connectivity index (χ4n) is 3.02. The Hall–Kier alpha value is -2.02. The van der Waals surface area contributed by atoms with Crippen molar-refractivity contribution in [3.05, 3.63) is 29.8 Å². The summed E-state index contributed by atoms with van der Waals surface area (Å²) in [6, 6.07) is 7.68. The first kappa shape index (κ1) is 21.3. The molecule has 1 aliphatic carbocycles. The molecule has 1 fully saturated rings. The van der Waals surface area contributed by atoms with Gasteiger partial charge in [0.2, 0.25) is 5.91 Å². The number of amides is 2. The van der Waals surface area contributed by atoms with Crippen molar-refractivity contribution in [3.8, 4) is 0 Å². The maximum absolute atomic E-state index is 12.2. The number of anilines is 1. The normalized spacial score (nSPS) is 14.4. The Morgan fingerprint density at radius 3 is 2.44 bits per heavy atom. The zero-order valence-electron chi connectivity index (χ0n) is 16.0. The minimum Gasteiger partial charge on any atom is -0.455 e. The Kier molecular flexibility index (Phi) is 8.64. The van der Waals surface area contributed by atoms with Gasteiger partial charge >= 0.3 is 5.97 Å². The molecule has 6 nitrogen and oxygen atoms in total. The lowest BCUT2D eigenvalue weighted by molar-refractivity contribution is -0.144. The van der Waals surface area contributed by atoms with Gasteiger partial charge in [-0.3, -0.25) is 14.4 Å². The minimum absolute atomic E-state index is 0.0387. The highest BCUT2D eigenvalue weighted by Gasteiger charge is 2.22. The van der Waals surface area contributed by atoms with Gasteiger partial charge in [-0.05, 0) is 31.9 Å². The lowest BCUT2D eigenvalue weighted by Gasteiger charge is -2.31. The van der Waals surface area contributed by atoms with Crippen LogP contribution in [-0.4, -0.2) is 53.9 Å². The summed E-state index contributed by atoms with van der Waals surface area (Å²) in [5.74, 6) is -0.533. The summed E-state index contributed by atoms with van der Waals surface area (Å²) in [6.45, 7) is 1.63. The number of ether oxygens (including phenoxy) is 1. The van der Waals surface area contributed by atoms with Gasteiger partial charge in [-0.15, -0.1) is 11.8 Å². The molecule has 0 aliphatic heterocycles. The predicted molar refractivity (Wildman–Crippen MR) is 108 cm³/mol. The van der Waals surface area contributed by atoms with Crippen LogP contribution in [0.25, 0.3) is 0 Å². The summed E-state index contributed by atoms with van der Waals surface area (Å²) in [7, 11) is 1.84. The average molecular weight is 393 g/mol. The second kappa shape index (κ2) is 11.0. The van der Waals surface area contributed by atoms with E-state index in [0.717, 1.165) is 18.4 Å². The fraction of sp³-hybridized carbons (Fsp3) is 0.550. The van der Waals surface area contributed by atoms with Crippen LogP contribution in [0.3, 0.4) is 0 Å². The van der Waals surface area contributed by atoms with Crippen molar-refractivity contribution in [1.82, 2.24) is 4.90 Å². The number of thioether (sulfide) groups is 1. The lowest BCUT2D eigenvalue weighted by atomic mass is 9.94. The summed E-state index contributed by atoms with van der Waals surface area (Å²) >= 11 is 1.22. The van der Waals surface area contributed by atoms with E-state index in [1.54, 1.807) is 12.1 Å². The molecule has 1 aliphatic rings. The van der Waals surface area contributed by atoms with Crippen LogP contribution < -0.4 is 5.32 Å². The van der Waals surface area contributed by atoms with Crippen LogP contribution in [0, 0.1) is 6.92 Å². The zero-order chi connectivity index (χ0) is 19.6. The van der Waals surface area contributed by atoms with Crippen LogP contribution in [0.2, 0.25) is 0 Å². The number of carbonyl (C=O) groups excluding carboxylic acids is 3. The van der Waals surface area contributed by atoms with Crippen molar-refractivity contribution in [2.45, 2.75) is 45.1 Å². The van der Waals surface area contributed by atoms with E-state index in [2.05, 4.69) is 5.32 Å². The number of nitrogens with one attached hydrogen (secondary N) is 1. The Bertz CT molecular complexity index is 642. The number of hydrogen-bond donors (Lipinski definition) is 1. The summed E-state index contributed by atoms with van der Waals surface area (Å²) in [6.07, 6.45) is 5.71. The van der Waals surface area contributed by atoms with Crippen LogP contribution in [0.4, 0.5) is 5.69 Å². The molecule has 0 saturated heterocycles. The summed E-state index contributed by atoms with van der Waals surface area (Å²) in [5, 5.41) is 2.67. The Labute approximate surface area is 165 Å². The second-order valence-electron chi connectivity index (χ2n) is 6.86. The Morgan fingerprint density at radius 1 is 1.11 bits per heavy atom. The van der Waals surface area contributed by atoms with E-state index in [4.69, 9.17) is 4.74 Å². The first-order valence-corrected chi connectivity index (χ1v) is 10.5. The van der Waals surface area contributed by atoms with E-state index in [1.807, 2.05) is 31.0 Å². The van der Waals surface area contributed by atoms with Crippen LogP contribution in [0.15, 0.2) is 24.3 Å². The predicted octanol–water partition coefficient (Wildman–Crippen LogP) is 3.00. The van der Waals surface area contributed by atoms with E-state index < -0.39 is 5.97 Å². The maximum atomic E-state index is 12.2. The first-order valence-electron chi connectivity index (χ1n) is 9.31. The third-order valence-electron chi connectivity index (χ3n) is 4.66. The van der Waals surface area contributed by atoms with Gasteiger partial charge in [-0.25, -0.2) is 0 Å². The van der Waals surface area contributed by atoms with E-state index in [9.17, 15) is 14.4 Å². The molecule has 2 amide bonds. The monoisotopic (exact) mass is 392 g/mol. The van der Waals surface area contributed by atoms with Gasteiger partial charge in [0.1, 0.15) is 0 Å². The quantitative estimate of drug-likeness (QED) is 0.689. The highest BCUT2D eigenvalue weighted by molar-refractivity contribution is 8.00. The molecule has 0 atom stereocenters. The number of hydrogen-bond acceptors (Lipinski definition) is 5. The molecule has 0 spiro atoms. The van der Waals surface area contributed by atoms with Crippen LogP contribution >= 0.6 is 11.8 Å². The van der Waals surface area contributed by atoms with Crippen molar-refractivity contribution in [2.24, 2.45) is 0 Å². The standard InChI is InChI=1S/C20H28N2O4S/c1-15-8-10-16(11-9-15)21-18(23)12-26-20(25)14-27-13-19(24)22(2)17-6-4-3-5-7-17/h8-11,17H,3-7,12-14H2,1-2H3,(H,21,23). The van der Waals surface area contributed by atoms with E-state index >= 15 is 0 Å². The first-order chi connectivity index (χ1) is 13.0. The molecule has 148 valence electrons. The topological polar surface area (TPSA) is 75.7 Å². The lowest BCUT2D eigenvalue weighted by Crippen LogP contribution is -2.39. The minimum atomic E-state index is -0.493. The molecular formula is C20H28N2O4S. The molecule has 1 aromatic carbocycles. The van der Waals surface area contributed by atoms with Crippen molar-refractivity contribution in [1.29, 1.82) is 0 Å². The van der Waals surface area contributed by atoms with Crippen molar-refractivity contribution >= 4 is 35.2 Å². The summed E-state index contributed by atoms with van der Waals surface area (Å²) in [5.41, 5.74) is 1.76. The number of esters is 1. The van der Waals surface area contributed by atoms with Crippen molar-refractivity contribution < 1.29 is 19.1 Å². The van der Waals surface area contributed by atoms with Crippen LogP contribution in [-0.2, 0) is 19.1 Å². The molecule has 7 heteroatoms. The summed E-state index contributed by atoms with van der Waals surface area (Å²) < 4.78 is 4.96. The largest absolute Gasteiger partial charge is 0.455 e. The number of rotatable bonds is 8. The molecule has 0 radical (unpaired) electrons. The van der Waals surface area contributed by atoms with Gasteiger partial charge in [0.15, 0.2) is 6.61 Å². The second-order valence-corrected chi connectivity index (χ2v) is 7.85. The van der Waals surface area contributed by atoms with Gasteiger partial charge in [-0.2, -0.15) is 0 Å². The highest BCUT2D eigenvalue weighted by atomic mass is 32.2. The van der Waals surface area contributed by atoms with Crippen molar-refractivity contribution in [2.75, 3.05) is 30.5 Å². The molecule has 0 heterocycles. The van der Waals surface area contributed by atoms with Crippen LogP contribution in [0.1, 0.15) is 37.7 Å². The molecular weight excluding hydrogens is 364 g/mol. The Morgan fingerprint density at radius 2 is 1.78 bits per heavy atom. The van der Waals surface area contributed by atoms with Gasteiger partial charge in [-0.1, -0.05) is 37.0 Å². The fourth-order valence-corrected chi connectivity index (χ4v) is 3.75. The van der Waals surface area contributed by atoms with Gasteiger partial charge in [0.25, 0.3) is 5.91 Å². The molecule has 0 bridgehead atoms.